The molecule has 0 aliphatic rings. The van der Waals surface area contributed by atoms with Gasteiger partial charge in [0.2, 0.25) is 0 Å². The molecule has 7 heteroatoms. The number of hydrogen-bond acceptors (Lipinski definition) is 6. The number of ketones is 1. The van der Waals surface area contributed by atoms with Crippen molar-refractivity contribution in [2.24, 2.45) is 0 Å². The summed E-state index contributed by atoms with van der Waals surface area (Å²) in [6, 6.07) is 9.20. The second kappa shape index (κ2) is 8.11. The van der Waals surface area contributed by atoms with E-state index in [1.165, 1.54) is 30.3 Å². The number of rotatable bonds is 3. The monoisotopic (exact) mass is 274 g/mol. The van der Waals surface area contributed by atoms with E-state index in [2.05, 4.69) is 0 Å². The third-order valence-corrected chi connectivity index (χ3v) is 2.79. The van der Waals surface area contributed by atoms with Crippen molar-refractivity contribution in [1.82, 2.24) is 0 Å². The van der Waals surface area contributed by atoms with Crippen molar-refractivity contribution in [2.45, 2.75) is 0 Å². The zero-order valence-corrected chi connectivity index (χ0v) is 12.7. The first-order chi connectivity index (χ1) is 8.69. The summed E-state index contributed by atoms with van der Waals surface area (Å²) in [4.78, 5) is 12.3. The van der Waals surface area contributed by atoms with Gasteiger partial charge in [0, 0.05) is 40.6 Å². The van der Waals surface area contributed by atoms with E-state index in [1.54, 1.807) is 11.4 Å². The largest absolute Gasteiger partial charge is 1.00 e. The Hall–Kier alpha value is -2.06. The third kappa shape index (κ3) is 3.70. The molecule has 0 aliphatic heterocycles. The molecule has 0 bridgehead atoms. The van der Waals surface area contributed by atoms with Gasteiger partial charge in [0.05, 0.1) is 5.78 Å². The number of nitriles is 4. The van der Waals surface area contributed by atoms with Gasteiger partial charge >= 0.3 is 29.6 Å². The Bertz CT molecular complexity index is 635. The molecule has 0 amide bonds. The van der Waals surface area contributed by atoms with Gasteiger partial charge in [-0.3, -0.25) is 0 Å². The molecule has 19 heavy (non-hydrogen) atoms. The second-order valence-corrected chi connectivity index (χ2v) is 3.83. The van der Waals surface area contributed by atoms with Crippen LogP contribution in [0.1, 0.15) is 9.67 Å². The van der Waals surface area contributed by atoms with E-state index in [1.807, 2.05) is 0 Å². The standard InChI is InChI=1S/C12H3N4OS.Na/c13-4-8(5-14)11(9(6-15)7-16)12(17)10-2-1-3-18-10;/h1-3H;/q-1;+1. The fourth-order valence-corrected chi connectivity index (χ4v) is 1.83. The maximum absolute atomic E-state index is 12.1. The topological polar surface area (TPSA) is 112 Å². The van der Waals surface area contributed by atoms with Crippen molar-refractivity contribution in [3.8, 4) is 24.3 Å². The Morgan fingerprint density at radius 3 is 2.11 bits per heavy atom. The molecule has 0 N–H and O–H groups in total. The van der Waals surface area contributed by atoms with Crippen molar-refractivity contribution >= 4 is 17.1 Å². The van der Waals surface area contributed by atoms with Crippen LogP contribution in [0.4, 0.5) is 0 Å². The van der Waals surface area contributed by atoms with Crippen molar-refractivity contribution in [3.63, 3.8) is 0 Å². The predicted molar refractivity (Wildman–Crippen MR) is 61.4 cm³/mol. The molecule has 1 aromatic rings. The summed E-state index contributed by atoms with van der Waals surface area (Å²) in [5.74, 6) is -1.20. The van der Waals surface area contributed by atoms with E-state index in [9.17, 15) is 4.79 Å². The van der Waals surface area contributed by atoms with Crippen molar-refractivity contribution in [1.29, 1.82) is 21.0 Å². The Balaban J connectivity index is 0.00000324. The number of nitrogens with zero attached hydrogens (tertiary/aromatic N) is 4. The average Bonchev–Trinajstić information content (AvgIpc) is 2.92. The first-order valence-electron chi connectivity index (χ1n) is 4.49. The van der Waals surface area contributed by atoms with Crippen LogP contribution in [0.5, 0.6) is 0 Å². The minimum Gasteiger partial charge on any atom is -0.364 e. The second-order valence-electron chi connectivity index (χ2n) is 2.88. The summed E-state index contributed by atoms with van der Waals surface area (Å²) in [5, 5.41) is 36.7. The molecule has 0 radical (unpaired) electrons. The maximum Gasteiger partial charge on any atom is 1.00 e. The van der Waals surface area contributed by atoms with Gasteiger partial charge in [0.1, 0.15) is 0 Å². The van der Waals surface area contributed by atoms with Gasteiger partial charge in [-0.15, -0.1) is 0 Å². The Morgan fingerprint density at radius 1 is 1.16 bits per heavy atom. The van der Waals surface area contributed by atoms with Crippen LogP contribution in [-0.4, -0.2) is 5.78 Å². The van der Waals surface area contributed by atoms with E-state index >= 15 is 0 Å². The minimum atomic E-state index is -0.666. The number of hydrogen-bond donors (Lipinski definition) is 0. The minimum absolute atomic E-state index is 0. The summed E-state index contributed by atoms with van der Waals surface area (Å²) in [6.45, 7) is 0. The Kier molecular flexibility index (Phi) is 7.23. The van der Waals surface area contributed by atoms with Gasteiger partial charge in [-0.05, 0) is 5.38 Å². The number of Topliss-reactive ketones (excluding diaryl/α,β-unsaturated/α-hetero) is 1. The summed E-state index contributed by atoms with van der Waals surface area (Å²) >= 11 is 1.10. The fraction of sp³-hybridized carbons (Fsp3) is 0. The normalized spacial score (nSPS) is 7.58. The van der Waals surface area contributed by atoms with Crippen LogP contribution in [0, 0.1) is 51.2 Å². The predicted octanol–water partition coefficient (Wildman–Crippen LogP) is -1.10. The zero-order valence-electron chi connectivity index (χ0n) is 9.84. The molecule has 1 aromatic heterocycles. The molecule has 1 heterocycles. The molecule has 0 unspecified atom stereocenters. The van der Waals surface area contributed by atoms with E-state index in [0.717, 1.165) is 11.3 Å². The Labute approximate surface area is 135 Å². The fourth-order valence-electron chi connectivity index (χ4n) is 1.16. The van der Waals surface area contributed by atoms with E-state index < -0.39 is 22.8 Å². The molecule has 0 saturated heterocycles. The van der Waals surface area contributed by atoms with Gasteiger partial charge in [-0.1, -0.05) is 17.7 Å². The number of allylic oxidation sites excluding steroid dienone is 2. The average molecular weight is 274 g/mol. The summed E-state index contributed by atoms with van der Waals surface area (Å²) in [5.41, 5.74) is -0.973. The van der Waals surface area contributed by atoms with Crippen LogP contribution in [0.15, 0.2) is 28.7 Å². The van der Waals surface area contributed by atoms with Crippen LogP contribution in [-0.2, 0) is 0 Å². The number of carbonyl (C=O) groups excluding carboxylic acids is 1. The van der Waals surface area contributed by atoms with Crippen molar-refractivity contribution < 1.29 is 34.4 Å². The van der Waals surface area contributed by atoms with Gasteiger partial charge < -0.3 is 4.79 Å². The SMILES string of the molecule is N#CC(C#N)=C(C(=O)c1cccs1)[C-](C#N)C#N.[Na+]. The Morgan fingerprint density at radius 2 is 1.74 bits per heavy atom. The van der Waals surface area contributed by atoms with Crippen LogP contribution in [0.25, 0.3) is 0 Å². The van der Waals surface area contributed by atoms with Crippen LogP contribution in [0.2, 0.25) is 0 Å². The van der Waals surface area contributed by atoms with Crippen molar-refractivity contribution in [2.75, 3.05) is 0 Å². The van der Waals surface area contributed by atoms with E-state index in [4.69, 9.17) is 21.0 Å². The van der Waals surface area contributed by atoms with Crippen molar-refractivity contribution in [3.05, 3.63) is 39.5 Å². The van der Waals surface area contributed by atoms with E-state index in [-0.39, 0.29) is 34.4 Å². The molecule has 5 nitrogen and oxygen atoms in total. The summed E-state index contributed by atoms with van der Waals surface area (Å²) < 4.78 is 0. The molecule has 0 fully saturated rings. The maximum atomic E-state index is 12.1. The molecular formula is C12H3N4NaOS. The smallest absolute Gasteiger partial charge is 0.364 e. The van der Waals surface area contributed by atoms with Crippen LogP contribution >= 0.6 is 11.3 Å². The van der Waals surface area contributed by atoms with Gasteiger partial charge in [-0.2, -0.15) is 11.3 Å². The molecule has 0 atom stereocenters. The van der Waals surface area contributed by atoms with Crippen LogP contribution < -0.4 is 29.6 Å². The summed E-state index contributed by atoms with van der Waals surface area (Å²) in [7, 11) is 0. The molecular weight excluding hydrogens is 271 g/mol. The molecule has 0 spiro atoms. The molecule has 0 aromatic carbocycles. The summed E-state index contributed by atoms with van der Waals surface area (Å²) in [6.07, 6.45) is 0. The quantitative estimate of drug-likeness (QED) is 0.228. The molecule has 1 rings (SSSR count). The molecule has 0 aliphatic carbocycles. The van der Waals surface area contributed by atoms with Gasteiger partial charge in [0.25, 0.3) is 0 Å². The van der Waals surface area contributed by atoms with E-state index in [0.29, 0.717) is 0 Å². The van der Waals surface area contributed by atoms with Crippen LogP contribution in [0.3, 0.4) is 0 Å². The first-order valence-corrected chi connectivity index (χ1v) is 5.37. The zero-order chi connectivity index (χ0) is 13.5. The molecule has 84 valence electrons. The molecule has 0 saturated carbocycles. The van der Waals surface area contributed by atoms with Gasteiger partial charge in [0.15, 0.2) is 0 Å². The number of carbonyl (C=O) groups is 1. The number of thiophene rings is 1. The first kappa shape index (κ1) is 16.9. The third-order valence-electron chi connectivity index (χ3n) is 1.92. The van der Waals surface area contributed by atoms with Gasteiger partial charge in [-0.25, -0.2) is 21.0 Å².